The maximum Gasteiger partial charge on any atom is 0.416 e. The van der Waals surface area contributed by atoms with Crippen molar-refractivity contribution in [3.8, 4) is 0 Å². The minimum Gasteiger partial charge on any atom is -0.387 e. The van der Waals surface area contributed by atoms with Crippen LogP contribution in [0.15, 0.2) is 18.2 Å². The van der Waals surface area contributed by atoms with Gasteiger partial charge in [0.25, 0.3) is 5.91 Å². The molecule has 1 aromatic rings. The molecular weight excluding hydrogens is 269 g/mol. The number of amides is 1. The van der Waals surface area contributed by atoms with Gasteiger partial charge in [-0.1, -0.05) is 6.42 Å². The summed E-state index contributed by atoms with van der Waals surface area (Å²) in [4.78, 5) is 12.0. The van der Waals surface area contributed by atoms with Crippen LogP contribution in [-0.4, -0.2) is 19.5 Å². The zero-order valence-electron chi connectivity index (χ0n) is 11.2. The van der Waals surface area contributed by atoms with Gasteiger partial charge in [0.15, 0.2) is 0 Å². The lowest BCUT2D eigenvalue weighted by Crippen LogP contribution is -2.32. The minimum absolute atomic E-state index is 0.0293. The van der Waals surface area contributed by atoms with Crippen LogP contribution in [0.4, 0.5) is 18.9 Å². The van der Waals surface area contributed by atoms with Crippen LogP contribution < -0.4 is 10.6 Å². The van der Waals surface area contributed by atoms with Crippen molar-refractivity contribution < 1.29 is 18.0 Å². The molecule has 1 aliphatic rings. The highest BCUT2D eigenvalue weighted by Crippen LogP contribution is 2.32. The van der Waals surface area contributed by atoms with Gasteiger partial charge in [-0.3, -0.25) is 4.79 Å². The molecule has 2 N–H and O–H groups in total. The molecule has 1 aromatic carbocycles. The van der Waals surface area contributed by atoms with E-state index in [9.17, 15) is 18.0 Å². The van der Waals surface area contributed by atoms with E-state index in [4.69, 9.17) is 0 Å². The Morgan fingerprint density at radius 3 is 2.55 bits per heavy atom. The summed E-state index contributed by atoms with van der Waals surface area (Å²) >= 11 is 0. The van der Waals surface area contributed by atoms with Crippen LogP contribution in [0.3, 0.4) is 0 Å². The SMILES string of the molecule is CNc1ccc(C(F)(F)F)cc1C(=O)NCC1CCC1. The van der Waals surface area contributed by atoms with Crippen LogP contribution in [-0.2, 0) is 6.18 Å². The highest BCUT2D eigenvalue weighted by Gasteiger charge is 2.31. The Labute approximate surface area is 115 Å². The molecule has 0 aromatic heterocycles. The molecule has 0 unspecified atom stereocenters. The number of carbonyl (C=O) groups excluding carboxylic acids is 1. The fraction of sp³-hybridized carbons (Fsp3) is 0.500. The Morgan fingerprint density at radius 1 is 1.35 bits per heavy atom. The van der Waals surface area contributed by atoms with Crippen LogP contribution in [0.1, 0.15) is 35.2 Å². The van der Waals surface area contributed by atoms with Crippen LogP contribution in [0.5, 0.6) is 0 Å². The minimum atomic E-state index is -4.45. The van der Waals surface area contributed by atoms with E-state index in [2.05, 4.69) is 10.6 Å². The van der Waals surface area contributed by atoms with Crippen LogP contribution in [0.25, 0.3) is 0 Å². The molecule has 0 bridgehead atoms. The highest BCUT2D eigenvalue weighted by atomic mass is 19.4. The summed E-state index contributed by atoms with van der Waals surface area (Å²) < 4.78 is 38.1. The van der Waals surface area contributed by atoms with E-state index in [-0.39, 0.29) is 5.56 Å². The Hall–Kier alpha value is -1.72. The number of benzene rings is 1. The normalized spacial score (nSPS) is 15.6. The van der Waals surface area contributed by atoms with Crippen molar-refractivity contribution in [2.45, 2.75) is 25.4 Å². The van der Waals surface area contributed by atoms with Crippen molar-refractivity contribution >= 4 is 11.6 Å². The molecular formula is C14H17F3N2O. The van der Waals surface area contributed by atoms with Gasteiger partial charge in [0.2, 0.25) is 0 Å². The molecule has 20 heavy (non-hydrogen) atoms. The molecule has 1 fully saturated rings. The number of nitrogens with one attached hydrogen (secondary N) is 2. The summed E-state index contributed by atoms with van der Waals surface area (Å²) in [6.07, 6.45) is -1.15. The average molecular weight is 286 g/mol. The molecule has 0 spiro atoms. The van der Waals surface area contributed by atoms with Crippen LogP contribution >= 0.6 is 0 Å². The van der Waals surface area contributed by atoms with E-state index in [1.807, 2.05) is 0 Å². The molecule has 0 saturated heterocycles. The molecule has 0 radical (unpaired) electrons. The average Bonchev–Trinajstić information content (AvgIpc) is 2.34. The van der Waals surface area contributed by atoms with Crippen LogP contribution in [0.2, 0.25) is 0 Å². The molecule has 1 saturated carbocycles. The number of hydrogen-bond donors (Lipinski definition) is 2. The summed E-state index contributed by atoms with van der Waals surface area (Å²) in [6, 6.07) is 3.14. The first-order valence-electron chi connectivity index (χ1n) is 6.59. The Morgan fingerprint density at radius 2 is 2.05 bits per heavy atom. The zero-order valence-corrected chi connectivity index (χ0v) is 11.2. The lowest BCUT2D eigenvalue weighted by Gasteiger charge is -2.25. The maximum absolute atomic E-state index is 12.7. The standard InChI is InChI=1S/C14H17F3N2O/c1-18-12-6-5-10(14(15,16)17)7-11(12)13(20)19-8-9-3-2-4-9/h5-7,9,18H,2-4,8H2,1H3,(H,19,20). The van der Waals surface area contributed by atoms with Gasteiger partial charge in [-0.2, -0.15) is 13.2 Å². The van der Waals surface area contributed by atoms with Gasteiger partial charge in [0.1, 0.15) is 0 Å². The van der Waals surface area contributed by atoms with Gasteiger partial charge in [0.05, 0.1) is 11.1 Å². The second-order valence-electron chi connectivity index (χ2n) is 5.02. The summed E-state index contributed by atoms with van der Waals surface area (Å²) in [5, 5.41) is 5.45. The third-order valence-electron chi connectivity index (χ3n) is 3.64. The summed E-state index contributed by atoms with van der Waals surface area (Å²) in [7, 11) is 1.57. The number of carbonyl (C=O) groups is 1. The number of alkyl halides is 3. The number of hydrogen-bond acceptors (Lipinski definition) is 2. The smallest absolute Gasteiger partial charge is 0.387 e. The van der Waals surface area contributed by atoms with Crippen molar-refractivity contribution in [2.75, 3.05) is 18.9 Å². The van der Waals surface area contributed by atoms with Crippen molar-refractivity contribution in [3.63, 3.8) is 0 Å². The third-order valence-corrected chi connectivity index (χ3v) is 3.64. The Bertz CT molecular complexity index is 496. The van der Waals surface area contributed by atoms with E-state index in [1.165, 1.54) is 6.07 Å². The van der Waals surface area contributed by atoms with E-state index in [0.29, 0.717) is 18.2 Å². The zero-order chi connectivity index (χ0) is 14.8. The molecule has 3 nitrogen and oxygen atoms in total. The van der Waals surface area contributed by atoms with Gasteiger partial charge < -0.3 is 10.6 Å². The molecule has 0 aliphatic heterocycles. The number of anilines is 1. The number of rotatable bonds is 4. The topological polar surface area (TPSA) is 41.1 Å². The van der Waals surface area contributed by atoms with E-state index >= 15 is 0 Å². The molecule has 1 aliphatic carbocycles. The maximum atomic E-state index is 12.7. The predicted molar refractivity (Wildman–Crippen MR) is 70.7 cm³/mol. The summed E-state index contributed by atoms with van der Waals surface area (Å²) in [5.41, 5.74) is -0.393. The highest BCUT2D eigenvalue weighted by molar-refractivity contribution is 5.99. The molecule has 2 rings (SSSR count). The monoisotopic (exact) mass is 286 g/mol. The van der Waals surface area contributed by atoms with Gasteiger partial charge in [0, 0.05) is 19.3 Å². The predicted octanol–water partition coefficient (Wildman–Crippen LogP) is 3.28. The molecule has 6 heteroatoms. The van der Waals surface area contributed by atoms with Gasteiger partial charge in [-0.15, -0.1) is 0 Å². The van der Waals surface area contributed by atoms with Gasteiger partial charge >= 0.3 is 6.18 Å². The van der Waals surface area contributed by atoms with Crippen molar-refractivity contribution in [1.29, 1.82) is 0 Å². The largest absolute Gasteiger partial charge is 0.416 e. The van der Waals surface area contributed by atoms with Crippen LogP contribution in [0, 0.1) is 5.92 Å². The molecule has 1 amide bonds. The Balaban J connectivity index is 2.16. The molecule has 0 atom stereocenters. The lowest BCUT2D eigenvalue weighted by molar-refractivity contribution is -0.137. The van der Waals surface area contributed by atoms with Gasteiger partial charge in [-0.25, -0.2) is 0 Å². The molecule has 0 heterocycles. The Kier molecular flexibility index (Phi) is 4.20. The van der Waals surface area contributed by atoms with Crippen molar-refractivity contribution in [1.82, 2.24) is 5.32 Å². The first kappa shape index (κ1) is 14.7. The summed E-state index contributed by atoms with van der Waals surface area (Å²) in [5.74, 6) is -0.00451. The van der Waals surface area contributed by atoms with E-state index in [1.54, 1.807) is 7.05 Å². The fourth-order valence-corrected chi connectivity index (χ4v) is 2.16. The van der Waals surface area contributed by atoms with Crippen molar-refractivity contribution in [2.24, 2.45) is 5.92 Å². The fourth-order valence-electron chi connectivity index (χ4n) is 2.16. The second kappa shape index (κ2) is 5.73. The molecule has 110 valence electrons. The second-order valence-corrected chi connectivity index (χ2v) is 5.02. The van der Waals surface area contributed by atoms with Crippen molar-refractivity contribution in [3.05, 3.63) is 29.3 Å². The number of halogens is 3. The third kappa shape index (κ3) is 3.23. The summed E-state index contributed by atoms with van der Waals surface area (Å²) in [6.45, 7) is 0.526. The van der Waals surface area contributed by atoms with E-state index in [0.717, 1.165) is 31.4 Å². The van der Waals surface area contributed by atoms with Gasteiger partial charge in [-0.05, 0) is 37.0 Å². The van der Waals surface area contributed by atoms with E-state index < -0.39 is 17.6 Å². The first-order chi connectivity index (χ1) is 9.41. The lowest BCUT2D eigenvalue weighted by atomic mass is 9.85. The first-order valence-corrected chi connectivity index (χ1v) is 6.59. The quantitative estimate of drug-likeness (QED) is 0.892.